The number of unbranched alkanes of at least 4 members (excludes halogenated alkanes) is 9. The van der Waals surface area contributed by atoms with Crippen LogP contribution in [0.25, 0.3) is 0 Å². The van der Waals surface area contributed by atoms with Crippen LogP contribution in [0.2, 0.25) is 0 Å². The summed E-state index contributed by atoms with van der Waals surface area (Å²) in [5, 5.41) is 19.1. The lowest BCUT2D eigenvalue weighted by atomic mass is 9.88. The summed E-state index contributed by atoms with van der Waals surface area (Å²) >= 11 is 0. The highest BCUT2D eigenvalue weighted by Crippen LogP contribution is 2.24. The molecule has 20 heavy (non-hydrogen) atoms. The van der Waals surface area contributed by atoms with Gasteiger partial charge in [-0.3, -0.25) is 0 Å². The highest BCUT2D eigenvalue weighted by Gasteiger charge is 2.24. The Morgan fingerprint density at radius 2 is 1.25 bits per heavy atom. The topological polar surface area (TPSA) is 44.0 Å². The van der Waals surface area contributed by atoms with Gasteiger partial charge < -0.3 is 5.11 Å². The predicted molar refractivity (Wildman–Crippen MR) is 86.5 cm³/mol. The van der Waals surface area contributed by atoms with Crippen molar-refractivity contribution in [1.82, 2.24) is 0 Å². The molecule has 0 fully saturated rings. The zero-order valence-corrected chi connectivity index (χ0v) is 13.8. The smallest absolute Gasteiger partial charge is 0.0777 e. The second-order valence-corrected chi connectivity index (χ2v) is 6.24. The Hall–Kier alpha value is -0.550. The number of nitrogens with zero attached hydrogens (tertiary/aromatic N) is 1. The summed E-state index contributed by atoms with van der Waals surface area (Å²) < 4.78 is 0. The average Bonchev–Trinajstić information content (AvgIpc) is 2.41. The Kier molecular flexibility index (Phi) is 13.1. The average molecular weight is 281 g/mol. The minimum Gasteiger partial charge on any atom is -0.389 e. The summed E-state index contributed by atoms with van der Waals surface area (Å²) in [5.74, 6) is 0. The molecule has 0 aromatic carbocycles. The fourth-order valence-corrected chi connectivity index (χ4v) is 2.86. The van der Waals surface area contributed by atoms with Crippen molar-refractivity contribution in [3.05, 3.63) is 0 Å². The van der Waals surface area contributed by atoms with Gasteiger partial charge in [0.15, 0.2) is 0 Å². The molecule has 0 aromatic rings. The lowest BCUT2D eigenvalue weighted by Gasteiger charge is -2.24. The zero-order valence-electron chi connectivity index (χ0n) is 13.8. The second kappa shape index (κ2) is 13.4. The van der Waals surface area contributed by atoms with E-state index in [1.807, 2.05) is 0 Å². The van der Waals surface area contributed by atoms with Gasteiger partial charge in [-0.05, 0) is 12.8 Å². The van der Waals surface area contributed by atoms with Crippen LogP contribution in [0.1, 0.15) is 104 Å². The van der Waals surface area contributed by atoms with Crippen LogP contribution in [0.5, 0.6) is 0 Å². The van der Waals surface area contributed by atoms with E-state index in [2.05, 4.69) is 19.9 Å². The Bertz CT molecular complexity index is 246. The summed E-state index contributed by atoms with van der Waals surface area (Å²) in [6.07, 6.45) is 15.9. The molecule has 0 aliphatic carbocycles. The number of hydrogen-bond donors (Lipinski definition) is 1. The maximum absolute atomic E-state index is 10.3. The monoisotopic (exact) mass is 281 g/mol. The fraction of sp³-hybridized carbons (Fsp3) is 0.944. The molecule has 0 heterocycles. The van der Waals surface area contributed by atoms with Crippen LogP contribution in [0.15, 0.2) is 0 Å². The molecule has 0 aliphatic rings. The van der Waals surface area contributed by atoms with Crippen LogP contribution in [-0.4, -0.2) is 10.7 Å². The van der Waals surface area contributed by atoms with E-state index < -0.39 is 5.60 Å². The molecular formula is C18H35NO. The number of nitriles is 1. The van der Waals surface area contributed by atoms with Gasteiger partial charge >= 0.3 is 0 Å². The number of rotatable bonds is 14. The van der Waals surface area contributed by atoms with Crippen molar-refractivity contribution in [2.24, 2.45) is 0 Å². The SMILES string of the molecule is CCCCCCCCCCCCC(O)(CC#N)CCC. The Morgan fingerprint density at radius 3 is 1.70 bits per heavy atom. The Morgan fingerprint density at radius 1 is 0.750 bits per heavy atom. The highest BCUT2D eigenvalue weighted by atomic mass is 16.3. The molecule has 0 bridgehead atoms. The lowest BCUT2D eigenvalue weighted by molar-refractivity contribution is 0.0240. The van der Waals surface area contributed by atoms with Crippen molar-refractivity contribution in [3.63, 3.8) is 0 Å². The predicted octanol–water partition coefficient (Wildman–Crippen LogP) is 5.74. The van der Waals surface area contributed by atoms with E-state index >= 15 is 0 Å². The maximum atomic E-state index is 10.3. The van der Waals surface area contributed by atoms with Crippen LogP contribution in [0.3, 0.4) is 0 Å². The second-order valence-electron chi connectivity index (χ2n) is 6.24. The summed E-state index contributed by atoms with van der Waals surface area (Å²) in [6.45, 7) is 4.33. The molecule has 0 saturated carbocycles. The molecule has 2 nitrogen and oxygen atoms in total. The summed E-state index contributed by atoms with van der Waals surface area (Å²) in [6, 6.07) is 2.13. The van der Waals surface area contributed by atoms with Crippen molar-refractivity contribution >= 4 is 0 Å². The Balaban J connectivity index is 3.44. The van der Waals surface area contributed by atoms with E-state index in [9.17, 15) is 5.11 Å². The van der Waals surface area contributed by atoms with Gasteiger partial charge in [-0.2, -0.15) is 5.26 Å². The van der Waals surface area contributed by atoms with E-state index in [0.717, 1.165) is 25.7 Å². The molecule has 0 amide bonds. The van der Waals surface area contributed by atoms with Gasteiger partial charge in [-0.25, -0.2) is 0 Å². The first-order valence-electron chi connectivity index (χ1n) is 8.78. The van der Waals surface area contributed by atoms with Crippen LogP contribution in [0.4, 0.5) is 0 Å². The third-order valence-corrected chi connectivity index (χ3v) is 4.12. The number of hydrogen-bond acceptors (Lipinski definition) is 2. The molecule has 2 heteroatoms. The summed E-state index contributed by atoms with van der Waals surface area (Å²) in [7, 11) is 0. The quantitative estimate of drug-likeness (QED) is 0.412. The minimum absolute atomic E-state index is 0.290. The molecule has 0 radical (unpaired) electrons. The van der Waals surface area contributed by atoms with Gasteiger partial charge in [-0.15, -0.1) is 0 Å². The van der Waals surface area contributed by atoms with Crippen LogP contribution >= 0.6 is 0 Å². The van der Waals surface area contributed by atoms with E-state index in [1.165, 1.54) is 57.8 Å². The zero-order chi connectivity index (χ0) is 15.1. The molecule has 0 rings (SSSR count). The van der Waals surface area contributed by atoms with Gasteiger partial charge in [0.1, 0.15) is 0 Å². The van der Waals surface area contributed by atoms with Crippen LogP contribution in [0, 0.1) is 11.3 Å². The molecule has 0 spiro atoms. The minimum atomic E-state index is -0.719. The van der Waals surface area contributed by atoms with Gasteiger partial charge in [0.05, 0.1) is 18.1 Å². The van der Waals surface area contributed by atoms with Crippen molar-refractivity contribution in [1.29, 1.82) is 5.26 Å². The van der Waals surface area contributed by atoms with E-state index in [0.29, 0.717) is 0 Å². The third kappa shape index (κ3) is 11.3. The largest absolute Gasteiger partial charge is 0.389 e. The van der Waals surface area contributed by atoms with E-state index in [1.54, 1.807) is 0 Å². The molecule has 118 valence electrons. The first-order valence-corrected chi connectivity index (χ1v) is 8.78. The molecular weight excluding hydrogens is 246 g/mol. The normalized spacial score (nSPS) is 13.9. The van der Waals surface area contributed by atoms with Crippen molar-refractivity contribution < 1.29 is 5.11 Å². The summed E-state index contributed by atoms with van der Waals surface area (Å²) in [5.41, 5.74) is -0.719. The van der Waals surface area contributed by atoms with Gasteiger partial charge in [0, 0.05) is 0 Å². The van der Waals surface area contributed by atoms with Crippen molar-refractivity contribution in [3.8, 4) is 6.07 Å². The van der Waals surface area contributed by atoms with Crippen molar-refractivity contribution in [2.75, 3.05) is 0 Å². The highest BCUT2D eigenvalue weighted by molar-refractivity contribution is 4.88. The molecule has 0 aliphatic heterocycles. The van der Waals surface area contributed by atoms with Crippen LogP contribution in [-0.2, 0) is 0 Å². The van der Waals surface area contributed by atoms with Crippen molar-refractivity contribution in [2.45, 2.75) is 109 Å². The van der Waals surface area contributed by atoms with E-state index in [-0.39, 0.29) is 6.42 Å². The molecule has 1 atom stereocenters. The maximum Gasteiger partial charge on any atom is 0.0777 e. The van der Waals surface area contributed by atoms with Gasteiger partial charge in [0.2, 0.25) is 0 Å². The lowest BCUT2D eigenvalue weighted by Crippen LogP contribution is -2.27. The van der Waals surface area contributed by atoms with Crippen LogP contribution < -0.4 is 0 Å². The molecule has 0 saturated heterocycles. The Labute approximate surface area is 126 Å². The van der Waals surface area contributed by atoms with Gasteiger partial charge in [0.25, 0.3) is 0 Å². The fourth-order valence-electron chi connectivity index (χ4n) is 2.86. The first kappa shape index (κ1) is 19.4. The molecule has 1 unspecified atom stereocenters. The summed E-state index contributed by atoms with van der Waals surface area (Å²) in [4.78, 5) is 0. The molecule has 0 aromatic heterocycles. The molecule has 1 N–H and O–H groups in total. The number of aliphatic hydroxyl groups is 1. The first-order chi connectivity index (χ1) is 9.68. The van der Waals surface area contributed by atoms with Gasteiger partial charge in [-0.1, -0.05) is 84.5 Å². The third-order valence-electron chi connectivity index (χ3n) is 4.12. The standard InChI is InChI=1S/C18H35NO/c1-3-5-6-7-8-9-10-11-12-13-15-18(20,14-4-2)16-17-19/h20H,3-16H2,1-2H3. The van der Waals surface area contributed by atoms with E-state index in [4.69, 9.17) is 5.26 Å².